The van der Waals surface area contributed by atoms with Gasteiger partial charge in [-0.25, -0.2) is 4.39 Å². The van der Waals surface area contributed by atoms with E-state index in [4.69, 9.17) is 9.47 Å². The molecule has 0 saturated carbocycles. The van der Waals surface area contributed by atoms with E-state index in [-0.39, 0.29) is 18.1 Å². The van der Waals surface area contributed by atoms with Crippen molar-refractivity contribution in [1.82, 2.24) is 9.55 Å². The van der Waals surface area contributed by atoms with Gasteiger partial charge < -0.3 is 19.4 Å². The van der Waals surface area contributed by atoms with Crippen LogP contribution in [0.3, 0.4) is 0 Å². The Bertz CT molecular complexity index is 1290. The number of amides is 1. The van der Waals surface area contributed by atoms with Crippen LogP contribution >= 0.6 is 11.8 Å². The molecule has 1 unspecified atom stereocenters. The van der Waals surface area contributed by atoms with Crippen LogP contribution in [0.5, 0.6) is 11.5 Å². The van der Waals surface area contributed by atoms with Crippen LogP contribution in [0.2, 0.25) is 0 Å². The number of nitrogens with zero attached hydrogens (tertiary/aromatic N) is 2. The van der Waals surface area contributed by atoms with Crippen LogP contribution in [0.15, 0.2) is 65.1 Å². The van der Waals surface area contributed by atoms with Gasteiger partial charge in [0.2, 0.25) is 5.91 Å². The highest BCUT2D eigenvalue weighted by Crippen LogP contribution is 2.39. The minimum Gasteiger partial charge on any atom is -0.493 e. The zero-order valence-electron chi connectivity index (χ0n) is 18.8. The van der Waals surface area contributed by atoms with E-state index in [0.29, 0.717) is 40.4 Å². The molecule has 0 fully saturated rings. The third-order valence-electron chi connectivity index (χ3n) is 5.53. The lowest BCUT2D eigenvalue weighted by molar-refractivity contribution is -0.116. The monoisotopic (exact) mass is 481 g/mol. The molecule has 176 valence electrons. The summed E-state index contributed by atoms with van der Waals surface area (Å²) in [7, 11) is 3.29. The van der Waals surface area contributed by atoms with Gasteiger partial charge >= 0.3 is 0 Å². The van der Waals surface area contributed by atoms with Crippen LogP contribution < -0.4 is 20.3 Å². The molecule has 4 rings (SSSR count). The number of aromatic nitrogens is 2. The molecule has 1 aliphatic heterocycles. The number of ether oxygens (including phenoxy) is 2. The molecule has 7 nitrogen and oxygen atoms in total. The predicted molar refractivity (Wildman–Crippen MR) is 129 cm³/mol. The molecule has 0 aliphatic carbocycles. The van der Waals surface area contributed by atoms with Crippen molar-refractivity contribution in [2.75, 3.05) is 19.0 Å². The molecule has 2 aromatic carbocycles. The molecule has 0 spiro atoms. The second-order valence-electron chi connectivity index (χ2n) is 7.75. The number of carbonyl (C=O) groups excluding carboxylic acids is 1. The molecule has 0 radical (unpaired) electrons. The molecular formula is C25H24FN3O4S. The second-order valence-corrected chi connectivity index (χ2v) is 8.69. The first-order valence-electron chi connectivity index (χ1n) is 10.6. The summed E-state index contributed by atoms with van der Waals surface area (Å²) in [6, 6.07) is 11.5. The highest BCUT2D eigenvalue weighted by molar-refractivity contribution is 7.98. The highest BCUT2D eigenvalue weighted by atomic mass is 32.2. The summed E-state index contributed by atoms with van der Waals surface area (Å²) in [4.78, 5) is 30.0. The third-order valence-corrected chi connectivity index (χ3v) is 6.63. The molecule has 1 amide bonds. The lowest BCUT2D eigenvalue weighted by Gasteiger charge is -2.28. The number of carbonyl (C=O) groups is 1. The van der Waals surface area contributed by atoms with E-state index >= 15 is 0 Å². The summed E-state index contributed by atoms with van der Waals surface area (Å²) in [6.07, 6.45) is 1.75. The Morgan fingerprint density at radius 3 is 2.71 bits per heavy atom. The standard InChI is InChI=1S/C25H24FN3O4S/c1-4-11-33-19-10-7-16(12-20(19)32-3)18-13-21(30)27-23-22(18)24(31)28-25(29(23)2)34-14-15-5-8-17(26)9-6-15/h4-10,12,18H,1,11,13-14H2,2-3H3,(H,27,30). The van der Waals surface area contributed by atoms with Gasteiger partial charge in [0.05, 0.1) is 12.7 Å². The molecular weight excluding hydrogens is 457 g/mol. The fraction of sp³-hybridized carbons (Fsp3) is 0.240. The van der Waals surface area contributed by atoms with Crippen LogP contribution in [-0.2, 0) is 17.6 Å². The number of benzene rings is 2. The van der Waals surface area contributed by atoms with Crippen molar-refractivity contribution in [3.8, 4) is 11.5 Å². The maximum Gasteiger partial charge on any atom is 0.279 e. The van der Waals surface area contributed by atoms with E-state index in [1.165, 1.54) is 31.0 Å². The van der Waals surface area contributed by atoms with Gasteiger partial charge in [-0.1, -0.05) is 42.6 Å². The lowest BCUT2D eigenvalue weighted by atomic mass is 9.86. The Kier molecular flexibility index (Phi) is 7.02. The van der Waals surface area contributed by atoms with Gasteiger partial charge in [-0.2, -0.15) is 4.98 Å². The van der Waals surface area contributed by atoms with E-state index in [0.717, 1.165) is 11.1 Å². The highest BCUT2D eigenvalue weighted by Gasteiger charge is 2.32. The van der Waals surface area contributed by atoms with Crippen LogP contribution in [0.1, 0.15) is 29.0 Å². The van der Waals surface area contributed by atoms with Gasteiger partial charge in [0, 0.05) is 25.1 Å². The van der Waals surface area contributed by atoms with Gasteiger partial charge in [-0.05, 0) is 35.4 Å². The van der Waals surface area contributed by atoms with Crippen molar-refractivity contribution in [3.05, 3.63) is 88.0 Å². The van der Waals surface area contributed by atoms with Gasteiger partial charge in [0.1, 0.15) is 18.2 Å². The van der Waals surface area contributed by atoms with Crippen molar-refractivity contribution in [2.45, 2.75) is 23.2 Å². The first-order valence-corrected chi connectivity index (χ1v) is 11.6. The predicted octanol–water partition coefficient (Wildman–Crippen LogP) is 4.26. The van der Waals surface area contributed by atoms with Crippen molar-refractivity contribution < 1.29 is 18.7 Å². The molecule has 3 aromatic rings. The summed E-state index contributed by atoms with van der Waals surface area (Å²) < 4.78 is 26.0. The van der Waals surface area contributed by atoms with Crippen LogP contribution in [0.25, 0.3) is 0 Å². The maximum absolute atomic E-state index is 13.2. The zero-order chi connectivity index (χ0) is 24.2. The number of anilines is 1. The molecule has 2 heterocycles. The number of hydrogen-bond acceptors (Lipinski definition) is 6. The first-order chi connectivity index (χ1) is 16.4. The fourth-order valence-corrected chi connectivity index (χ4v) is 4.77. The lowest BCUT2D eigenvalue weighted by Crippen LogP contribution is -2.33. The summed E-state index contributed by atoms with van der Waals surface area (Å²) in [6.45, 7) is 3.97. The molecule has 9 heteroatoms. The SMILES string of the molecule is C=CCOc1ccc(C2CC(=O)Nc3c2c(=O)nc(SCc2ccc(F)cc2)n3C)cc1OC. The Hall–Kier alpha value is -3.59. The summed E-state index contributed by atoms with van der Waals surface area (Å²) in [5.74, 6) is 0.994. The van der Waals surface area contributed by atoms with E-state index in [1.807, 2.05) is 6.07 Å². The molecule has 1 N–H and O–H groups in total. The van der Waals surface area contributed by atoms with E-state index in [2.05, 4.69) is 16.9 Å². The molecule has 0 saturated heterocycles. The second kappa shape index (κ2) is 10.1. The Morgan fingerprint density at radius 2 is 2.00 bits per heavy atom. The fourth-order valence-electron chi connectivity index (χ4n) is 3.85. The summed E-state index contributed by atoms with van der Waals surface area (Å²) in [5.41, 5.74) is 1.68. The topological polar surface area (TPSA) is 82.5 Å². The van der Waals surface area contributed by atoms with E-state index < -0.39 is 11.5 Å². The van der Waals surface area contributed by atoms with Crippen LogP contribution in [0.4, 0.5) is 10.2 Å². The molecule has 1 aromatic heterocycles. The van der Waals surface area contributed by atoms with E-state index in [1.54, 1.807) is 42.0 Å². The average molecular weight is 482 g/mol. The smallest absolute Gasteiger partial charge is 0.279 e. The summed E-state index contributed by atoms with van der Waals surface area (Å²) in [5, 5.41) is 3.29. The number of methoxy groups -OCH3 is 1. The van der Waals surface area contributed by atoms with Gasteiger partial charge in [-0.3, -0.25) is 9.59 Å². The quantitative estimate of drug-likeness (QED) is 0.294. The molecule has 1 atom stereocenters. The van der Waals surface area contributed by atoms with Crippen molar-refractivity contribution in [1.29, 1.82) is 0 Å². The van der Waals surface area contributed by atoms with Gasteiger partial charge in [0.25, 0.3) is 5.56 Å². The molecule has 0 bridgehead atoms. The number of halogens is 1. The number of hydrogen-bond donors (Lipinski definition) is 1. The van der Waals surface area contributed by atoms with E-state index in [9.17, 15) is 14.0 Å². The Labute approximate surface area is 200 Å². The van der Waals surface area contributed by atoms with Gasteiger partial charge in [-0.15, -0.1) is 0 Å². The molecule has 34 heavy (non-hydrogen) atoms. The Balaban J connectivity index is 1.68. The average Bonchev–Trinajstić information content (AvgIpc) is 2.84. The first kappa shape index (κ1) is 23.6. The van der Waals surface area contributed by atoms with Crippen LogP contribution in [0, 0.1) is 5.82 Å². The molecule has 1 aliphatic rings. The van der Waals surface area contributed by atoms with Crippen LogP contribution in [-0.4, -0.2) is 29.2 Å². The largest absolute Gasteiger partial charge is 0.493 e. The Morgan fingerprint density at radius 1 is 1.24 bits per heavy atom. The van der Waals surface area contributed by atoms with Gasteiger partial charge in [0.15, 0.2) is 16.7 Å². The van der Waals surface area contributed by atoms with Crippen molar-refractivity contribution in [2.24, 2.45) is 7.05 Å². The van der Waals surface area contributed by atoms with Crippen molar-refractivity contribution >= 4 is 23.5 Å². The summed E-state index contributed by atoms with van der Waals surface area (Å²) >= 11 is 1.34. The minimum absolute atomic E-state index is 0.113. The number of thioether (sulfide) groups is 1. The van der Waals surface area contributed by atoms with Crippen molar-refractivity contribution in [3.63, 3.8) is 0 Å². The normalized spacial score (nSPS) is 14.8. The third kappa shape index (κ3) is 4.84. The maximum atomic E-state index is 13.2. The number of rotatable bonds is 8. The number of nitrogens with one attached hydrogen (secondary N) is 1. The number of fused-ring (bicyclic) bond motifs is 1. The zero-order valence-corrected chi connectivity index (χ0v) is 19.7. The minimum atomic E-state index is -0.478.